The number of aromatic nitrogens is 1. The average molecular weight is 438 g/mol. The van der Waals surface area contributed by atoms with Crippen LogP contribution in [0.25, 0.3) is 11.1 Å². The number of anilines is 1. The van der Waals surface area contributed by atoms with Gasteiger partial charge in [0, 0.05) is 36.4 Å². The van der Waals surface area contributed by atoms with Crippen molar-refractivity contribution in [3.8, 4) is 22.6 Å². The zero-order valence-corrected chi connectivity index (χ0v) is 17.8. The van der Waals surface area contributed by atoms with Gasteiger partial charge in [0.1, 0.15) is 13.2 Å². The molecule has 7 nitrogen and oxygen atoms in total. The number of hydrogen-bond acceptors (Lipinski definition) is 7. The molecular formula is C23H23N3O4S. The van der Waals surface area contributed by atoms with E-state index in [0.29, 0.717) is 37.9 Å². The number of carbonyl (C=O) groups excluding carboxylic acids is 1. The van der Waals surface area contributed by atoms with Crippen LogP contribution < -0.4 is 19.7 Å². The van der Waals surface area contributed by atoms with Crippen molar-refractivity contribution in [2.75, 3.05) is 37.8 Å². The molecule has 160 valence electrons. The van der Waals surface area contributed by atoms with Crippen molar-refractivity contribution in [3.63, 3.8) is 0 Å². The zero-order valence-electron chi connectivity index (χ0n) is 17.0. The van der Waals surface area contributed by atoms with Gasteiger partial charge in [0.15, 0.2) is 16.5 Å². The number of nitrogens with zero attached hydrogens (tertiary/aromatic N) is 2. The highest BCUT2D eigenvalue weighted by Crippen LogP contribution is 2.40. The Morgan fingerprint density at radius 2 is 2.06 bits per heavy atom. The van der Waals surface area contributed by atoms with Crippen molar-refractivity contribution in [1.29, 1.82) is 0 Å². The Balaban J connectivity index is 1.40. The lowest BCUT2D eigenvalue weighted by molar-refractivity contribution is 0.0989. The maximum absolute atomic E-state index is 13.2. The van der Waals surface area contributed by atoms with Gasteiger partial charge >= 0.3 is 0 Å². The van der Waals surface area contributed by atoms with Crippen LogP contribution in [-0.2, 0) is 13.0 Å². The SMILES string of the molecule is O=C(c1ncc(CNCCO)s1)N1CCc2c(-c3ccc4c(c3)OCCO4)cccc21. The Labute approximate surface area is 184 Å². The van der Waals surface area contributed by atoms with Crippen LogP contribution in [0.2, 0.25) is 0 Å². The number of aliphatic hydroxyl groups excluding tert-OH is 1. The predicted molar refractivity (Wildman–Crippen MR) is 119 cm³/mol. The summed E-state index contributed by atoms with van der Waals surface area (Å²) < 4.78 is 11.4. The van der Waals surface area contributed by atoms with Crippen LogP contribution >= 0.6 is 11.3 Å². The summed E-state index contributed by atoms with van der Waals surface area (Å²) in [5.41, 5.74) is 4.26. The highest BCUT2D eigenvalue weighted by molar-refractivity contribution is 7.13. The minimum absolute atomic E-state index is 0.0727. The predicted octanol–water partition coefficient (Wildman–Crippen LogP) is 2.87. The van der Waals surface area contributed by atoms with Gasteiger partial charge in [-0.15, -0.1) is 11.3 Å². The highest BCUT2D eigenvalue weighted by Gasteiger charge is 2.29. The fourth-order valence-corrected chi connectivity index (χ4v) is 4.85. The Morgan fingerprint density at radius 3 is 2.94 bits per heavy atom. The number of thiazole rings is 1. The molecular weight excluding hydrogens is 414 g/mol. The maximum Gasteiger partial charge on any atom is 0.287 e. The molecule has 8 heteroatoms. The minimum Gasteiger partial charge on any atom is -0.486 e. The van der Waals surface area contributed by atoms with Crippen LogP contribution in [0.1, 0.15) is 20.2 Å². The normalized spacial score (nSPS) is 14.5. The molecule has 0 radical (unpaired) electrons. The van der Waals surface area contributed by atoms with E-state index < -0.39 is 0 Å². The van der Waals surface area contributed by atoms with Crippen molar-refractivity contribution < 1.29 is 19.4 Å². The topological polar surface area (TPSA) is 83.9 Å². The summed E-state index contributed by atoms with van der Waals surface area (Å²) in [7, 11) is 0. The van der Waals surface area contributed by atoms with Gasteiger partial charge in [0.2, 0.25) is 0 Å². The highest BCUT2D eigenvalue weighted by atomic mass is 32.1. The third kappa shape index (κ3) is 3.89. The fourth-order valence-electron chi connectivity index (χ4n) is 4.02. The molecule has 3 aromatic rings. The van der Waals surface area contributed by atoms with E-state index in [0.717, 1.165) is 45.2 Å². The summed E-state index contributed by atoms with van der Waals surface area (Å²) in [6.07, 6.45) is 2.52. The van der Waals surface area contributed by atoms with Crippen LogP contribution in [0.5, 0.6) is 11.5 Å². The first-order valence-electron chi connectivity index (χ1n) is 10.3. The van der Waals surface area contributed by atoms with E-state index >= 15 is 0 Å². The fraction of sp³-hybridized carbons (Fsp3) is 0.304. The average Bonchev–Trinajstić information content (AvgIpc) is 3.46. The Hall–Kier alpha value is -2.94. The molecule has 2 aliphatic heterocycles. The van der Waals surface area contributed by atoms with E-state index in [1.807, 2.05) is 35.2 Å². The van der Waals surface area contributed by atoms with Crippen molar-refractivity contribution in [1.82, 2.24) is 10.3 Å². The quantitative estimate of drug-likeness (QED) is 0.577. The van der Waals surface area contributed by atoms with Gasteiger partial charge in [0.25, 0.3) is 5.91 Å². The van der Waals surface area contributed by atoms with Crippen LogP contribution in [0.3, 0.4) is 0 Å². The third-order valence-corrected chi connectivity index (χ3v) is 6.44. The summed E-state index contributed by atoms with van der Waals surface area (Å²) in [5.74, 6) is 1.46. The molecule has 5 rings (SSSR count). The molecule has 0 spiro atoms. The molecule has 0 bridgehead atoms. The summed E-state index contributed by atoms with van der Waals surface area (Å²) in [6.45, 7) is 2.95. The van der Waals surface area contributed by atoms with Gasteiger partial charge in [-0.2, -0.15) is 0 Å². The summed E-state index contributed by atoms with van der Waals surface area (Å²) in [5, 5.41) is 12.5. The molecule has 1 aromatic heterocycles. The first kappa shape index (κ1) is 20.0. The summed E-state index contributed by atoms with van der Waals surface area (Å²) >= 11 is 1.39. The Morgan fingerprint density at radius 1 is 1.19 bits per heavy atom. The number of hydrogen-bond donors (Lipinski definition) is 2. The first-order valence-corrected chi connectivity index (χ1v) is 11.2. The standard InChI is InChI=1S/C23H23N3O4S/c27-9-7-24-13-16-14-25-22(31-16)23(28)26-8-6-18-17(2-1-3-19(18)26)15-4-5-20-21(12-15)30-11-10-29-20/h1-5,12,14,24,27H,6-11,13H2. The number of aliphatic hydroxyl groups is 1. The van der Waals surface area contributed by atoms with E-state index in [4.69, 9.17) is 14.6 Å². The van der Waals surface area contributed by atoms with Gasteiger partial charge in [-0.1, -0.05) is 18.2 Å². The second-order valence-corrected chi connectivity index (χ2v) is 8.52. The molecule has 1 amide bonds. The van der Waals surface area contributed by atoms with Gasteiger partial charge in [-0.25, -0.2) is 4.98 Å². The van der Waals surface area contributed by atoms with Gasteiger partial charge in [-0.3, -0.25) is 4.79 Å². The number of nitrogens with one attached hydrogen (secondary N) is 1. The zero-order chi connectivity index (χ0) is 21.2. The smallest absolute Gasteiger partial charge is 0.287 e. The molecule has 0 aliphatic carbocycles. The molecule has 0 saturated carbocycles. The molecule has 2 aliphatic rings. The first-order chi connectivity index (χ1) is 15.2. The number of carbonyl (C=O) groups is 1. The second-order valence-electron chi connectivity index (χ2n) is 7.40. The lowest BCUT2D eigenvalue weighted by Crippen LogP contribution is -2.28. The lowest BCUT2D eigenvalue weighted by Gasteiger charge is -2.20. The van der Waals surface area contributed by atoms with Crippen molar-refractivity contribution in [2.45, 2.75) is 13.0 Å². The Kier molecular flexibility index (Phi) is 5.59. The summed E-state index contributed by atoms with van der Waals surface area (Å²) in [4.78, 5) is 20.3. The lowest BCUT2D eigenvalue weighted by atomic mass is 9.97. The van der Waals surface area contributed by atoms with Crippen molar-refractivity contribution >= 4 is 22.9 Å². The largest absolute Gasteiger partial charge is 0.486 e. The van der Waals surface area contributed by atoms with E-state index in [1.54, 1.807) is 6.20 Å². The summed E-state index contributed by atoms with van der Waals surface area (Å²) in [6, 6.07) is 12.1. The molecule has 0 saturated heterocycles. The van der Waals surface area contributed by atoms with Gasteiger partial charge < -0.3 is 24.8 Å². The molecule has 0 unspecified atom stereocenters. The molecule has 0 fully saturated rings. The Bertz CT molecular complexity index is 1110. The van der Waals surface area contributed by atoms with E-state index in [9.17, 15) is 4.79 Å². The second kappa shape index (κ2) is 8.66. The van der Waals surface area contributed by atoms with Crippen LogP contribution in [-0.4, -0.2) is 48.9 Å². The molecule has 31 heavy (non-hydrogen) atoms. The van der Waals surface area contributed by atoms with Crippen molar-refractivity contribution in [3.05, 3.63) is 58.0 Å². The molecule has 2 N–H and O–H groups in total. The van der Waals surface area contributed by atoms with Crippen molar-refractivity contribution in [2.24, 2.45) is 0 Å². The number of benzene rings is 2. The number of rotatable bonds is 6. The van der Waals surface area contributed by atoms with Crippen LogP contribution in [0, 0.1) is 0 Å². The monoisotopic (exact) mass is 437 g/mol. The molecule has 2 aromatic carbocycles. The van der Waals surface area contributed by atoms with Gasteiger partial charge in [-0.05, 0) is 41.3 Å². The number of ether oxygens (including phenoxy) is 2. The number of amides is 1. The van der Waals surface area contributed by atoms with E-state index in [-0.39, 0.29) is 12.5 Å². The van der Waals surface area contributed by atoms with Crippen LogP contribution in [0.15, 0.2) is 42.6 Å². The van der Waals surface area contributed by atoms with E-state index in [1.165, 1.54) is 11.3 Å². The molecule has 3 heterocycles. The van der Waals surface area contributed by atoms with E-state index in [2.05, 4.69) is 16.4 Å². The minimum atomic E-state index is -0.0727. The van der Waals surface area contributed by atoms with Crippen LogP contribution in [0.4, 0.5) is 5.69 Å². The number of fused-ring (bicyclic) bond motifs is 2. The third-order valence-electron chi connectivity index (χ3n) is 5.45. The van der Waals surface area contributed by atoms with Gasteiger partial charge in [0.05, 0.1) is 6.61 Å². The molecule has 0 atom stereocenters. The maximum atomic E-state index is 13.2.